The highest BCUT2D eigenvalue weighted by atomic mass is 16.5. The van der Waals surface area contributed by atoms with Crippen LogP contribution in [0.2, 0.25) is 0 Å². The Balaban J connectivity index is 1.57. The van der Waals surface area contributed by atoms with Crippen molar-refractivity contribution in [2.45, 2.75) is 17.4 Å². The summed E-state index contributed by atoms with van der Waals surface area (Å²) in [6, 6.07) is 39.5. The van der Waals surface area contributed by atoms with E-state index in [9.17, 15) is 4.79 Å². The molecule has 3 nitrogen and oxygen atoms in total. The molecule has 1 unspecified atom stereocenters. The van der Waals surface area contributed by atoms with Crippen molar-refractivity contribution in [3.8, 4) is 0 Å². The van der Waals surface area contributed by atoms with Gasteiger partial charge in [0.1, 0.15) is 0 Å². The van der Waals surface area contributed by atoms with Gasteiger partial charge in [0.25, 0.3) is 0 Å². The van der Waals surface area contributed by atoms with Crippen molar-refractivity contribution < 1.29 is 9.53 Å². The summed E-state index contributed by atoms with van der Waals surface area (Å²) in [7, 11) is 2.17. The van der Waals surface area contributed by atoms with Gasteiger partial charge in [-0.1, -0.05) is 109 Å². The molecule has 4 aromatic rings. The highest BCUT2D eigenvalue weighted by Gasteiger charge is 2.67. The van der Waals surface area contributed by atoms with Crippen molar-refractivity contribution in [2.75, 3.05) is 25.2 Å². The van der Waals surface area contributed by atoms with Gasteiger partial charge in [0, 0.05) is 24.9 Å². The van der Waals surface area contributed by atoms with E-state index in [4.69, 9.17) is 4.74 Å². The number of para-hydroxylation sites is 1. The number of nitrogens with zero attached hydrogens (tertiary/aromatic N) is 1. The molecule has 0 amide bonds. The zero-order valence-corrected chi connectivity index (χ0v) is 22.1. The van der Waals surface area contributed by atoms with Gasteiger partial charge in [-0.15, -0.1) is 0 Å². The molecule has 3 aliphatic rings. The number of allylic oxidation sites excluding steroid dienone is 2. The van der Waals surface area contributed by atoms with E-state index < -0.39 is 11.5 Å². The van der Waals surface area contributed by atoms with Crippen molar-refractivity contribution in [1.82, 2.24) is 0 Å². The monoisotopic (exact) mass is 509 g/mol. The van der Waals surface area contributed by atoms with E-state index >= 15 is 0 Å². The zero-order chi connectivity index (χ0) is 26.5. The highest BCUT2D eigenvalue weighted by Crippen LogP contribution is 2.63. The lowest BCUT2D eigenvalue weighted by Gasteiger charge is -2.52. The van der Waals surface area contributed by atoms with Gasteiger partial charge < -0.3 is 9.64 Å². The van der Waals surface area contributed by atoms with Crippen molar-refractivity contribution in [3.63, 3.8) is 0 Å². The second-order valence-corrected chi connectivity index (χ2v) is 10.9. The summed E-state index contributed by atoms with van der Waals surface area (Å²) in [4.78, 5) is 17.3. The second kappa shape index (κ2) is 9.21. The molecule has 0 aromatic heterocycles. The summed E-state index contributed by atoms with van der Waals surface area (Å²) in [5.74, 6) is -0.297. The van der Waals surface area contributed by atoms with E-state index in [1.54, 1.807) is 0 Å². The van der Waals surface area contributed by atoms with Crippen LogP contribution in [0.25, 0.3) is 11.1 Å². The Bertz CT molecular complexity index is 1580. The fourth-order valence-electron chi connectivity index (χ4n) is 7.34. The van der Waals surface area contributed by atoms with Gasteiger partial charge in [-0.3, -0.25) is 4.79 Å². The standard InChI is InChI=1S/C36H31NO2/c1-37-32-20-12-11-19-31(32)35(21-22-39-25-35)36(37)24-29(26-13-5-2-6-14-26)23-30(27-15-7-3-8-16-27)33(36)34(38)28-17-9-4-10-18-28/h2-20,23-24,33H,21-22,25H2,1H3/t33-,35?,36-/m1/s1. The largest absolute Gasteiger partial charge is 0.380 e. The molecular formula is C36H31NO2. The molecule has 7 rings (SSSR count). The Labute approximate surface area is 230 Å². The first-order valence-corrected chi connectivity index (χ1v) is 13.7. The maximum Gasteiger partial charge on any atom is 0.173 e. The fraction of sp³-hybridized carbons (Fsp3) is 0.194. The van der Waals surface area contributed by atoms with Crippen molar-refractivity contribution >= 4 is 22.6 Å². The number of Topliss-reactive ketones (excluding diaryl/α,β-unsaturated/α-hetero) is 1. The van der Waals surface area contributed by atoms with E-state index in [-0.39, 0.29) is 11.2 Å². The molecule has 0 N–H and O–H groups in total. The lowest BCUT2D eigenvalue weighted by atomic mass is 9.55. The Hall–Kier alpha value is -4.21. The summed E-state index contributed by atoms with van der Waals surface area (Å²) in [6.45, 7) is 1.25. The van der Waals surface area contributed by atoms with Gasteiger partial charge >= 0.3 is 0 Å². The Morgan fingerprint density at radius 2 is 1.41 bits per heavy atom. The number of rotatable bonds is 4. The minimum atomic E-state index is -0.661. The molecule has 3 atom stereocenters. The molecule has 0 saturated carbocycles. The summed E-state index contributed by atoms with van der Waals surface area (Å²) in [5.41, 5.74) is 6.56. The molecule has 4 aromatic carbocycles. The number of anilines is 1. The van der Waals surface area contributed by atoms with E-state index in [1.165, 1.54) is 11.3 Å². The number of benzene rings is 4. The normalized spacial score (nSPS) is 25.5. The average Bonchev–Trinajstić information content (AvgIpc) is 3.58. The van der Waals surface area contributed by atoms with Crippen LogP contribution in [0.1, 0.15) is 33.5 Å². The second-order valence-electron chi connectivity index (χ2n) is 10.9. The molecule has 39 heavy (non-hydrogen) atoms. The lowest BCUT2D eigenvalue weighted by Crippen LogP contribution is -2.63. The van der Waals surface area contributed by atoms with Crippen LogP contribution in [-0.4, -0.2) is 31.6 Å². The maximum absolute atomic E-state index is 14.9. The number of ether oxygens (including phenoxy) is 1. The predicted molar refractivity (Wildman–Crippen MR) is 158 cm³/mol. The first-order valence-electron chi connectivity index (χ1n) is 13.7. The summed E-state index contributed by atoms with van der Waals surface area (Å²) in [5, 5.41) is 0. The number of carbonyl (C=O) groups is 1. The summed E-state index contributed by atoms with van der Waals surface area (Å²) in [6.07, 6.45) is 5.50. The molecule has 2 heterocycles. The topological polar surface area (TPSA) is 29.5 Å². The van der Waals surface area contributed by atoms with Crippen LogP contribution in [0.4, 0.5) is 5.69 Å². The van der Waals surface area contributed by atoms with Gasteiger partial charge in [-0.05, 0) is 52.5 Å². The van der Waals surface area contributed by atoms with Gasteiger partial charge in [0.2, 0.25) is 0 Å². The third-order valence-corrected chi connectivity index (χ3v) is 9.10. The molecule has 1 aliphatic carbocycles. The number of carbonyl (C=O) groups excluding carboxylic acids is 1. The van der Waals surface area contributed by atoms with Gasteiger partial charge in [-0.25, -0.2) is 0 Å². The first kappa shape index (κ1) is 23.9. The number of hydrogen-bond acceptors (Lipinski definition) is 3. The van der Waals surface area contributed by atoms with E-state index in [1.807, 2.05) is 36.4 Å². The van der Waals surface area contributed by atoms with Gasteiger partial charge in [0.15, 0.2) is 5.78 Å². The fourth-order valence-corrected chi connectivity index (χ4v) is 7.34. The van der Waals surface area contributed by atoms with Crippen molar-refractivity contribution in [3.05, 3.63) is 150 Å². The van der Waals surface area contributed by atoms with E-state index in [0.717, 1.165) is 34.3 Å². The number of likely N-dealkylation sites (N-methyl/N-ethyl adjacent to an activating group) is 1. The highest BCUT2D eigenvalue weighted by molar-refractivity contribution is 6.10. The van der Waals surface area contributed by atoms with Crippen LogP contribution in [-0.2, 0) is 10.2 Å². The Morgan fingerprint density at radius 3 is 2.08 bits per heavy atom. The number of fused-ring (bicyclic) bond motifs is 3. The molecule has 3 heteroatoms. The first-order chi connectivity index (χ1) is 19.2. The minimum Gasteiger partial charge on any atom is -0.380 e. The van der Waals surface area contributed by atoms with Gasteiger partial charge in [0.05, 0.1) is 23.5 Å². The van der Waals surface area contributed by atoms with Crippen LogP contribution in [0.5, 0.6) is 0 Å². The van der Waals surface area contributed by atoms with Crippen LogP contribution in [0.15, 0.2) is 127 Å². The third-order valence-electron chi connectivity index (χ3n) is 9.10. The minimum absolute atomic E-state index is 0.139. The van der Waals surface area contributed by atoms with E-state index in [0.29, 0.717) is 13.2 Å². The van der Waals surface area contributed by atoms with Crippen LogP contribution < -0.4 is 4.90 Å². The van der Waals surface area contributed by atoms with E-state index in [2.05, 4.69) is 103 Å². The molecule has 1 saturated heterocycles. The van der Waals surface area contributed by atoms with Gasteiger partial charge in [-0.2, -0.15) is 0 Å². The average molecular weight is 510 g/mol. The molecule has 0 bridgehead atoms. The SMILES string of the molecule is CN1c2ccccc2C2(CCOC2)[C@]12C=C(c1ccccc1)C=C(c1ccccc1)[C@@H]2C(=O)c1ccccc1. The molecule has 1 fully saturated rings. The quantitative estimate of drug-likeness (QED) is 0.272. The number of ketones is 1. The molecular weight excluding hydrogens is 478 g/mol. The molecule has 0 radical (unpaired) electrons. The van der Waals surface area contributed by atoms with Crippen LogP contribution in [0.3, 0.4) is 0 Å². The Morgan fingerprint density at radius 1 is 0.795 bits per heavy atom. The van der Waals surface area contributed by atoms with Crippen LogP contribution in [0, 0.1) is 5.92 Å². The van der Waals surface area contributed by atoms with Crippen molar-refractivity contribution in [1.29, 1.82) is 0 Å². The molecule has 192 valence electrons. The van der Waals surface area contributed by atoms with Crippen molar-refractivity contribution in [2.24, 2.45) is 5.92 Å². The van der Waals surface area contributed by atoms with Crippen LogP contribution >= 0.6 is 0 Å². The molecule has 2 spiro atoms. The summed E-state index contributed by atoms with van der Waals surface area (Å²) >= 11 is 0. The lowest BCUT2D eigenvalue weighted by molar-refractivity contribution is 0.0854. The zero-order valence-electron chi connectivity index (χ0n) is 22.1. The number of hydrogen-bond donors (Lipinski definition) is 0. The predicted octanol–water partition coefficient (Wildman–Crippen LogP) is 7.21. The Kier molecular flexibility index (Phi) is 5.64. The maximum atomic E-state index is 14.9. The third kappa shape index (κ3) is 3.43. The molecule has 2 aliphatic heterocycles. The summed E-state index contributed by atoms with van der Waals surface area (Å²) < 4.78 is 6.24. The smallest absolute Gasteiger partial charge is 0.173 e.